The van der Waals surface area contributed by atoms with Crippen molar-refractivity contribution in [3.05, 3.63) is 80.2 Å². The van der Waals surface area contributed by atoms with E-state index in [0.29, 0.717) is 41.2 Å². The van der Waals surface area contributed by atoms with Crippen molar-refractivity contribution < 1.29 is 40.0 Å². The van der Waals surface area contributed by atoms with Crippen LogP contribution in [-0.2, 0) is 6.54 Å². The zero-order valence-corrected chi connectivity index (χ0v) is 27.3. The molecule has 3 N–H and O–H groups in total. The van der Waals surface area contributed by atoms with Gasteiger partial charge in [0, 0.05) is 35.2 Å². The molecule has 0 aliphatic heterocycles. The average molecular weight is 770 g/mol. The summed E-state index contributed by atoms with van der Waals surface area (Å²) in [6, 6.07) is 18.1. The van der Waals surface area contributed by atoms with Crippen molar-refractivity contribution in [3.63, 3.8) is 0 Å². The smallest absolute Gasteiger partial charge is 0.382 e. The topological polar surface area (TPSA) is 89.9 Å². The molecule has 9 heteroatoms. The summed E-state index contributed by atoms with van der Waals surface area (Å²) >= 11 is 0. The molecule has 2 aromatic carbocycles. The third-order valence-electron chi connectivity index (χ3n) is 6.23. The summed E-state index contributed by atoms with van der Waals surface area (Å²) in [6.07, 6.45) is 2.50. The minimum atomic E-state index is -0.876. The second-order valence-corrected chi connectivity index (χ2v) is 11.4. The number of benzene rings is 2. The van der Waals surface area contributed by atoms with Crippen molar-refractivity contribution in [2.75, 3.05) is 12.3 Å². The zero-order valence-electron chi connectivity index (χ0n) is 22.4. The SMILES string of the molecule is [CH2-]CC(C[CH2-])/S(=C/C)c1ccc(-c2cnc(N)c(-c3cc(-c4ccc(CNCC(C)F)cc4)no3)n2)cc1.[U+2]. The maximum Gasteiger partial charge on any atom is 2.00 e. The molecular weight excluding hydrogens is 735 g/mol. The van der Waals surface area contributed by atoms with E-state index in [4.69, 9.17) is 15.2 Å². The molecule has 0 aliphatic rings. The summed E-state index contributed by atoms with van der Waals surface area (Å²) in [4.78, 5) is 10.4. The Bertz CT molecular complexity index is 1370. The van der Waals surface area contributed by atoms with E-state index in [1.807, 2.05) is 30.3 Å². The van der Waals surface area contributed by atoms with Crippen LogP contribution in [0.15, 0.2) is 70.2 Å². The van der Waals surface area contributed by atoms with E-state index in [9.17, 15) is 4.39 Å². The van der Waals surface area contributed by atoms with Gasteiger partial charge in [0.25, 0.3) is 0 Å². The first-order chi connectivity index (χ1) is 18.4. The van der Waals surface area contributed by atoms with Crippen molar-refractivity contribution in [1.82, 2.24) is 20.4 Å². The molecule has 2 unspecified atom stereocenters. The van der Waals surface area contributed by atoms with Crippen molar-refractivity contribution >= 4 is 21.7 Å². The van der Waals surface area contributed by atoms with Crippen LogP contribution in [0, 0.1) is 45.0 Å². The molecule has 202 valence electrons. The number of aromatic nitrogens is 3. The first-order valence-corrected chi connectivity index (χ1v) is 14.0. The quantitative estimate of drug-likeness (QED) is 0.130. The number of anilines is 1. The number of nitrogen functional groups attached to an aromatic ring is 1. The van der Waals surface area contributed by atoms with Gasteiger partial charge in [0.15, 0.2) is 17.3 Å². The van der Waals surface area contributed by atoms with Gasteiger partial charge >= 0.3 is 31.1 Å². The second kappa shape index (κ2) is 14.9. The van der Waals surface area contributed by atoms with Gasteiger partial charge in [0.1, 0.15) is 11.9 Å². The van der Waals surface area contributed by atoms with Crippen molar-refractivity contribution in [1.29, 1.82) is 0 Å². The number of rotatable bonds is 11. The van der Waals surface area contributed by atoms with Crippen LogP contribution in [0.2, 0.25) is 0 Å². The molecule has 0 aliphatic carbocycles. The number of alkyl halides is 1. The molecule has 2 atom stereocenters. The van der Waals surface area contributed by atoms with Crippen LogP contribution >= 0.6 is 10.5 Å². The van der Waals surface area contributed by atoms with Crippen LogP contribution < -0.4 is 11.1 Å². The van der Waals surface area contributed by atoms with E-state index in [2.05, 4.69) is 65.9 Å². The number of nitrogens with one attached hydrogen (secondary N) is 1. The monoisotopic (exact) mass is 769 g/mol. The van der Waals surface area contributed by atoms with Gasteiger partial charge in [0.2, 0.25) is 0 Å². The fraction of sp³-hybridized carbons (Fsp3) is 0.267. The number of nitrogens with two attached hydrogens (primary N) is 1. The summed E-state index contributed by atoms with van der Waals surface area (Å²) in [5.41, 5.74) is 10.9. The molecule has 4 rings (SSSR count). The second-order valence-electron chi connectivity index (χ2n) is 9.01. The van der Waals surface area contributed by atoms with Gasteiger partial charge < -0.3 is 29.4 Å². The summed E-state index contributed by atoms with van der Waals surface area (Å²) in [5.74, 6) is 0.717. The Hall–Kier alpha value is -2.31. The molecule has 4 aromatic rings. The molecular formula is C30H34FN5OSU. The van der Waals surface area contributed by atoms with E-state index >= 15 is 0 Å². The molecule has 2 heterocycles. The Morgan fingerprint density at radius 3 is 2.31 bits per heavy atom. The maximum absolute atomic E-state index is 13.0. The van der Waals surface area contributed by atoms with Crippen LogP contribution in [0.25, 0.3) is 34.0 Å². The van der Waals surface area contributed by atoms with Gasteiger partial charge in [-0.15, -0.1) is 0 Å². The van der Waals surface area contributed by atoms with E-state index < -0.39 is 6.17 Å². The fourth-order valence-corrected chi connectivity index (χ4v) is 6.15. The van der Waals surface area contributed by atoms with Gasteiger partial charge in [0.05, 0.1) is 11.9 Å². The van der Waals surface area contributed by atoms with Crippen molar-refractivity contribution in [2.24, 2.45) is 0 Å². The molecule has 39 heavy (non-hydrogen) atoms. The normalized spacial score (nSPS) is 12.9. The van der Waals surface area contributed by atoms with Crippen LogP contribution in [0.1, 0.15) is 32.3 Å². The van der Waals surface area contributed by atoms with E-state index in [1.54, 1.807) is 6.20 Å². The summed E-state index contributed by atoms with van der Waals surface area (Å²) in [7, 11) is -0.00398. The standard InChI is InChI=1S/C30H34FN5OS.U/c1-5-24(6-2)38(7-3)25-14-12-23(13-15-25)27-19-34-30(32)29(35-27)28-16-26(36-37-28)22-10-8-21(9-11-22)18-33-17-20(4)31;/h7-16,19-20,24,33H,1-2,5-6,17-18H2,3-4H3,(H2,32,34);/q-2;+2. The molecule has 0 saturated carbocycles. The largest absolute Gasteiger partial charge is 2.00 e. The maximum atomic E-state index is 13.0. The van der Waals surface area contributed by atoms with Crippen LogP contribution in [0.5, 0.6) is 0 Å². The van der Waals surface area contributed by atoms with Crippen LogP contribution in [0.3, 0.4) is 0 Å². The predicted octanol–water partition coefficient (Wildman–Crippen LogP) is 6.76. The Morgan fingerprint density at radius 2 is 1.69 bits per heavy atom. The van der Waals surface area contributed by atoms with Gasteiger partial charge in [-0.25, -0.2) is 14.4 Å². The number of hydrogen-bond acceptors (Lipinski definition) is 6. The Morgan fingerprint density at radius 1 is 1.05 bits per heavy atom. The number of halogens is 1. The molecule has 0 radical (unpaired) electrons. The summed E-state index contributed by atoms with van der Waals surface area (Å²) < 4.78 is 18.6. The van der Waals surface area contributed by atoms with Gasteiger partial charge in [-0.05, 0) is 31.5 Å². The van der Waals surface area contributed by atoms with Gasteiger partial charge in [-0.3, -0.25) is 0 Å². The molecule has 0 saturated heterocycles. The van der Waals surface area contributed by atoms with Crippen molar-refractivity contribution in [3.8, 4) is 34.0 Å². The predicted molar refractivity (Wildman–Crippen MR) is 156 cm³/mol. The van der Waals surface area contributed by atoms with E-state index in [1.165, 1.54) is 11.8 Å². The van der Waals surface area contributed by atoms with Gasteiger partial charge in [-0.2, -0.15) is 23.3 Å². The molecule has 0 amide bonds. The third kappa shape index (κ3) is 7.88. The zero-order chi connectivity index (χ0) is 27.1. The first-order valence-electron chi connectivity index (χ1n) is 12.7. The molecule has 0 fully saturated rings. The summed E-state index contributed by atoms with van der Waals surface area (Å²) in [6.45, 7) is 12.7. The first kappa shape index (κ1) is 31.2. The van der Waals surface area contributed by atoms with Crippen molar-refractivity contribution in [2.45, 2.75) is 49.6 Å². The third-order valence-corrected chi connectivity index (χ3v) is 8.74. The van der Waals surface area contributed by atoms with E-state index in [-0.39, 0.29) is 47.4 Å². The van der Waals surface area contributed by atoms with Crippen LogP contribution in [-0.4, -0.2) is 38.5 Å². The minimum absolute atomic E-state index is 0. The average Bonchev–Trinajstić information content (AvgIpc) is 3.42. The number of nitrogens with zero attached hydrogens (tertiary/aromatic N) is 3. The molecule has 2 aromatic heterocycles. The molecule has 0 bridgehead atoms. The fourth-order valence-electron chi connectivity index (χ4n) is 4.15. The number of hydrogen-bond donors (Lipinski definition) is 2. The van der Waals surface area contributed by atoms with E-state index in [0.717, 1.165) is 29.5 Å². The Labute approximate surface area is 256 Å². The Kier molecular flexibility index (Phi) is 11.9. The molecule has 0 spiro atoms. The molecule has 6 nitrogen and oxygen atoms in total. The van der Waals surface area contributed by atoms with Gasteiger partial charge in [-0.1, -0.05) is 52.2 Å². The van der Waals surface area contributed by atoms with Crippen LogP contribution in [0.4, 0.5) is 10.2 Å². The minimum Gasteiger partial charge on any atom is -0.382 e. The Balaban J connectivity index is 0.00000420. The summed E-state index contributed by atoms with van der Waals surface area (Å²) in [5, 5.41) is 9.99.